The van der Waals surface area contributed by atoms with E-state index < -0.39 is 5.91 Å². The molecule has 0 aliphatic rings. The Morgan fingerprint density at radius 3 is 2.73 bits per heavy atom. The van der Waals surface area contributed by atoms with Crippen molar-refractivity contribution in [3.05, 3.63) is 60.4 Å². The van der Waals surface area contributed by atoms with E-state index in [1.807, 2.05) is 29.7 Å². The highest BCUT2D eigenvalue weighted by molar-refractivity contribution is 7.21. The molecule has 0 aliphatic heterocycles. The van der Waals surface area contributed by atoms with Crippen LogP contribution in [-0.4, -0.2) is 21.2 Å². The highest BCUT2D eigenvalue weighted by Gasteiger charge is 2.15. The highest BCUT2D eigenvalue weighted by Crippen LogP contribution is 2.36. The number of aromatic nitrogens is 1. The molecule has 26 heavy (non-hydrogen) atoms. The third-order valence-electron chi connectivity index (χ3n) is 3.72. The fourth-order valence-electron chi connectivity index (χ4n) is 2.49. The Kier molecular flexibility index (Phi) is 4.04. The summed E-state index contributed by atoms with van der Waals surface area (Å²) in [4.78, 5) is 16.8. The summed E-state index contributed by atoms with van der Waals surface area (Å²) in [6.07, 6.45) is 0. The molecule has 0 atom stereocenters. The summed E-state index contributed by atoms with van der Waals surface area (Å²) < 4.78 is 6.12. The quantitative estimate of drug-likeness (QED) is 0.316. The van der Waals surface area contributed by atoms with E-state index in [0.29, 0.717) is 16.3 Å². The molecule has 0 unspecified atom stereocenters. The zero-order chi connectivity index (χ0) is 18.1. The number of aromatic hydroxyl groups is 1. The van der Waals surface area contributed by atoms with E-state index in [2.05, 4.69) is 10.3 Å². The Morgan fingerprint density at radius 2 is 1.96 bits per heavy atom. The van der Waals surface area contributed by atoms with Crippen LogP contribution < -0.4 is 10.8 Å². The summed E-state index contributed by atoms with van der Waals surface area (Å²) in [5.74, 6) is -0.300. The molecular weight excluding hydrogens is 354 g/mol. The van der Waals surface area contributed by atoms with Crippen molar-refractivity contribution in [1.29, 1.82) is 0 Å². The maximum absolute atomic E-state index is 12.2. The van der Waals surface area contributed by atoms with Crippen LogP contribution in [0.25, 0.3) is 20.8 Å². The number of rotatable bonds is 4. The van der Waals surface area contributed by atoms with Gasteiger partial charge in [0.25, 0.3) is 5.91 Å². The summed E-state index contributed by atoms with van der Waals surface area (Å²) in [6.45, 7) is 0. The van der Waals surface area contributed by atoms with E-state index in [4.69, 9.17) is 9.62 Å². The number of hydrogen-bond donors (Lipinski definition) is 4. The minimum atomic E-state index is -0.479. The molecule has 4 N–H and O–H groups in total. The fourth-order valence-corrected chi connectivity index (χ4v) is 3.48. The van der Waals surface area contributed by atoms with Gasteiger partial charge in [0.1, 0.15) is 10.8 Å². The number of hydrogen-bond acceptors (Lipinski definition) is 7. The second-order valence-corrected chi connectivity index (χ2v) is 6.48. The molecule has 0 fully saturated rings. The van der Waals surface area contributed by atoms with Gasteiger partial charge in [-0.3, -0.25) is 10.0 Å². The lowest BCUT2D eigenvalue weighted by Crippen LogP contribution is -2.10. The first kappa shape index (κ1) is 16.1. The van der Waals surface area contributed by atoms with E-state index in [0.717, 1.165) is 10.2 Å². The van der Waals surface area contributed by atoms with Crippen molar-refractivity contribution < 1.29 is 19.5 Å². The zero-order valence-corrected chi connectivity index (χ0v) is 14.1. The number of amides is 1. The Bertz CT molecular complexity index is 1070. The van der Waals surface area contributed by atoms with Gasteiger partial charge in [-0.05, 0) is 36.4 Å². The first-order valence-electron chi connectivity index (χ1n) is 7.64. The van der Waals surface area contributed by atoms with Gasteiger partial charge >= 0.3 is 0 Å². The molecule has 0 aliphatic carbocycles. The minimum absolute atomic E-state index is 0.0381. The average molecular weight is 367 g/mol. The second kappa shape index (κ2) is 6.51. The number of carbonyl (C=O) groups excluding carboxylic acids is 1. The average Bonchev–Trinajstić information content (AvgIpc) is 3.29. The van der Waals surface area contributed by atoms with Crippen LogP contribution in [0.5, 0.6) is 5.75 Å². The molecule has 2 heterocycles. The first-order chi connectivity index (χ1) is 12.6. The lowest BCUT2D eigenvalue weighted by Gasteiger charge is -2.07. The number of phenolic OH excluding ortho intramolecular Hbond substituents is 1. The lowest BCUT2D eigenvalue weighted by atomic mass is 10.2. The SMILES string of the molecule is O=C(Nc1ccc(O)c(-c2nc3ccccc3s2)c1)c1ccc(NO)o1. The molecule has 2 aromatic carbocycles. The van der Waals surface area contributed by atoms with Crippen molar-refractivity contribution >= 4 is 39.0 Å². The Labute approximate surface area is 151 Å². The molecule has 0 radical (unpaired) electrons. The predicted octanol–water partition coefficient (Wildman–Crippen LogP) is 4.32. The standard InChI is InChI=1S/C18H13N3O4S/c22-13-6-5-10(19-17(23)14-7-8-16(21-24)25-14)9-11(13)18-20-12-3-1-2-4-15(12)26-18/h1-9,21-22,24H,(H,19,23). The predicted molar refractivity (Wildman–Crippen MR) is 98.8 cm³/mol. The van der Waals surface area contributed by atoms with Crippen LogP contribution in [0.1, 0.15) is 10.6 Å². The molecule has 0 saturated heterocycles. The Balaban J connectivity index is 1.64. The Hall–Kier alpha value is -3.36. The number of furan rings is 1. The van der Waals surface area contributed by atoms with Crippen molar-refractivity contribution in [2.24, 2.45) is 0 Å². The molecule has 130 valence electrons. The van der Waals surface area contributed by atoms with Crippen LogP contribution in [0.4, 0.5) is 11.6 Å². The number of nitrogens with one attached hydrogen (secondary N) is 2. The van der Waals surface area contributed by atoms with E-state index in [1.54, 1.807) is 12.1 Å². The van der Waals surface area contributed by atoms with Crippen molar-refractivity contribution in [2.45, 2.75) is 0 Å². The van der Waals surface area contributed by atoms with Crippen LogP contribution in [0.2, 0.25) is 0 Å². The largest absolute Gasteiger partial charge is 0.507 e. The van der Waals surface area contributed by atoms with Crippen LogP contribution in [0.3, 0.4) is 0 Å². The van der Waals surface area contributed by atoms with Crippen molar-refractivity contribution in [3.8, 4) is 16.3 Å². The molecule has 0 spiro atoms. The summed E-state index contributed by atoms with van der Waals surface area (Å²) in [5.41, 5.74) is 3.69. The number of carbonyl (C=O) groups is 1. The third-order valence-corrected chi connectivity index (χ3v) is 4.79. The van der Waals surface area contributed by atoms with Gasteiger partial charge in [0.2, 0.25) is 5.88 Å². The van der Waals surface area contributed by atoms with Gasteiger partial charge in [0.05, 0.1) is 15.8 Å². The lowest BCUT2D eigenvalue weighted by molar-refractivity contribution is 0.0997. The number of phenols is 1. The zero-order valence-electron chi connectivity index (χ0n) is 13.3. The smallest absolute Gasteiger partial charge is 0.291 e. The minimum Gasteiger partial charge on any atom is -0.507 e. The second-order valence-electron chi connectivity index (χ2n) is 5.45. The summed E-state index contributed by atoms with van der Waals surface area (Å²) in [6, 6.07) is 15.3. The molecular formula is C18H13N3O4S. The number of para-hydroxylation sites is 1. The van der Waals surface area contributed by atoms with Gasteiger partial charge in [0.15, 0.2) is 5.76 Å². The molecule has 4 rings (SSSR count). The number of nitrogens with zero attached hydrogens (tertiary/aromatic N) is 1. The van der Waals surface area contributed by atoms with Crippen LogP contribution >= 0.6 is 11.3 Å². The van der Waals surface area contributed by atoms with Crippen molar-refractivity contribution in [3.63, 3.8) is 0 Å². The van der Waals surface area contributed by atoms with E-state index in [-0.39, 0.29) is 17.4 Å². The fraction of sp³-hybridized carbons (Fsp3) is 0. The summed E-state index contributed by atoms with van der Waals surface area (Å²) in [5, 5.41) is 22.3. The molecule has 1 amide bonds. The highest BCUT2D eigenvalue weighted by atomic mass is 32.1. The number of fused-ring (bicyclic) bond motifs is 1. The third kappa shape index (κ3) is 2.99. The molecule has 8 heteroatoms. The topological polar surface area (TPSA) is 108 Å². The maximum Gasteiger partial charge on any atom is 0.291 e. The molecule has 7 nitrogen and oxygen atoms in total. The monoisotopic (exact) mass is 367 g/mol. The first-order valence-corrected chi connectivity index (χ1v) is 8.46. The van der Waals surface area contributed by atoms with Crippen molar-refractivity contribution in [1.82, 2.24) is 4.98 Å². The van der Waals surface area contributed by atoms with Crippen LogP contribution in [0.15, 0.2) is 59.0 Å². The summed E-state index contributed by atoms with van der Waals surface area (Å²) in [7, 11) is 0. The summed E-state index contributed by atoms with van der Waals surface area (Å²) >= 11 is 1.46. The molecule has 0 saturated carbocycles. The Morgan fingerprint density at radius 1 is 1.12 bits per heavy atom. The van der Waals surface area contributed by atoms with Gasteiger partial charge in [-0.15, -0.1) is 11.3 Å². The number of thiazole rings is 1. The van der Waals surface area contributed by atoms with Crippen molar-refractivity contribution in [2.75, 3.05) is 10.8 Å². The molecule has 4 aromatic rings. The van der Waals surface area contributed by atoms with Gasteiger partial charge in [-0.2, -0.15) is 0 Å². The van der Waals surface area contributed by atoms with Gasteiger partial charge in [0, 0.05) is 11.8 Å². The van der Waals surface area contributed by atoms with Crippen LogP contribution in [-0.2, 0) is 0 Å². The normalized spacial score (nSPS) is 10.8. The number of anilines is 2. The van der Waals surface area contributed by atoms with Gasteiger partial charge in [-0.1, -0.05) is 12.1 Å². The number of benzene rings is 2. The van der Waals surface area contributed by atoms with Crippen LogP contribution in [0, 0.1) is 0 Å². The van der Waals surface area contributed by atoms with E-state index >= 15 is 0 Å². The van der Waals surface area contributed by atoms with E-state index in [1.165, 1.54) is 29.5 Å². The maximum atomic E-state index is 12.2. The van der Waals surface area contributed by atoms with Gasteiger partial charge < -0.3 is 14.8 Å². The van der Waals surface area contributed by atoms with E-state index in [9.17, 15) is 9.90 Å². The molecule has 0 bridgehead atoms. The van der Waals surface area contributed by atoms with Gasteiger partial charge in [-0.25, -0.2) is 10.5 Å². The molecule has 2 aromatic heterocycles.